The highest BCUT2D eigenvalue weighted by atomic mass is 32.1. The summed E-state index contributed by atoms with van der Waals surface area (Å²) in [4.78, 5) is 10.2. The molecule has 2 rings (SSSR count). The summed E-state index contributed by atoms with van der Waals surface area (Å²) in [7, 11) is 1.89. The van der Waals surface area contributed by atoms with Crippen LogP contribution in [-0.4, -0.2) is 21.2 Å². The molecular formula is C11H14N4O2S. The number of aryl methyl sites for hydroxylation is 1. The van der Waals surface area contributed by atoms with E-state index in [9.17, 15) is 10.1 Å². The van der Waals surface area contributed by atoms with Crippen LogP contribution in [0.3, 0.4) is 0 Å². The summed E-state index contributed by atoms with van der Waals surface area (Å²) in [6.07, 6.45) is 4.73. The second-order valence-electron chi connectivity index (χ2n) is 4.00. The van der Waals surface area contributed by atoms with E-state index in [1.165, 1.54) is 5.56 Å². The minimum absolute atomic E-state index is 0.194. The van der Waals surface area contributed by atoms with Crippen molar-refractivity contribution < 1.29 is 4.92 Å². The molecule has 2 aromatic heterocycles. The first kappa shape index (κ1) is 12.7. The molecule has 2 aromatic rings. The third-order valence-electron chi connectivity index (χ3n) is 2.50. The number of thiophene rings is 1. The van der Waals surface area contributed by atoms with Gasteiger partial charge in [-0.25, -0.2) is 0 Å². The Morgan fingerprint density at radius 1 is 1.56 bits per heavy atom. The maximum Gasteiger partial charge on any atom is 0.324 e. The Morgan fingerprint density at radius 3 is 3.00 bits per heavy atom. The van der Waals surface area contributed by atoms with E-state index < -0.39 is 0 Å². The van der Waals surface area contributed by atoms with Gasteiger partial charge in [-0.05, 0) is 24.1 Å². The van der Waals surface area contributed by atoms with E-state index in [2.05, 4.69) is 10.4 Å². The number of nitro groups is 1. The standard InChI is InChI=1S/C11H14N4O2S/c1-14-7-9(6-13-14)2-3-12-5-10-4-11(15(16)17)18-8-10/h4,6-8,12H,2-3,5H2,1H3. The second-order valence-corrected chi connectivity index (χ2v) is 4.89. The van der Waals surface area contributed by atoms with Crippen molar-refractivity contribution in [2.45, 2.75) is 13.0 Å². The highest BCUT2D eigenvalue weighted by Gasteiger charge is 2.08. The van der Waals surface area contributed by atoms with Gasteiger partial charge in [0.2, 0.25) is 0 Å². The topological polar surface area (TPSA) is 73.0 Å². The van der Waals surface area contributed by atoms with E-state index in [1.807, 2.05) is 24.8 Å². The van der Waals surface area contributed by atoms with Crippen molar-refractivity contribution in [3.63, 3.8) is 0 Å². The van der Waals surface area contributed by atoms with Crippen molar-refractivity contribution >= 4 is 16.3 Å². The largest absolute Gasteiger partial charge is 0.324 e. The molecule has 0 radical (unpaired) electrons. The molecule has 0 bridgehead atoms. The summed E-state index contributed by atoms with van der Waals surface area (Å²) in [5, 5.41) is 19.9. The molecule has 96 valence electrons. The fraction of sp³-hybridized carbons (Fsp3) is 0.364. The van der Waals surface area contributed by atoms with Crippen LogP contribution >= 0.6 is 11.3 Å². The Balaban J connectivity index is 1.73. The zero-order chi connectivity index (χ0) is 13.0. The number of hydrogen-bond acceptors (Lipinski definition) is 5. The van der Waals surface area contributed by atoms with Gasteiger partial charge in [0.25, 0.3) is 0 Å². The maximum atomic E-state index is 10.5. The van der Waals surface area contributed by atoms with Crippen LogP contribution in [0.2, 0.25) is 0 Å². The summed E-state index contributed by atoms with van der Waals surface area (Å²) in [6, 6.07) is 1.61. The lowest BCUT2D eigenvalue weighted by Gasteiger charge is -2.00. The van der Waals surface area contributed by atoms with E-state index >= 15 is 0 Å². The van der Waals surface area contributed by atoms with Gasteiger partial charge < -0.3 is 5.32 Å². The van der Waals surface area contributed by atoms with Gasteiger partial charge in [-0.1, -0.05) is 11.3 Å². The van der Waals surface area contributed by atoms with Gasteiger partial charge in [0.05, 0.1) is 11.1 Å². The third-order valence-corrected chi connectivity index (χ3v) is 3.43. The number of aromatic nitrogens is 2. The van der Waals surface area contributed by atoms with Gasteiger partial charge in [0.1, 0.15) is 0 Å². The molecule has 18 heavy (non-hydrogen) atoms. The molecule has 7 heteroatoms. The molecule has 0 unspecified atom stereocenters. The fourth-order valence-corrected chi connectivity index (χ4v) is 2.35. The molecule has 6 nitrogen and oxygen atoms in total. The predicted octanol–water partition coefficient (Wildman–Crippen LogP) is 1.72. The second kappa shape index (κ2) is 5.74. The van der Waals surface area contributed by atoms with Crippen molar-refractivity contribution in [3.05, 3.63) is 45.1 Å². The summed E-state index contributed by atoms with van der Waals surface area (Å²) >= 11 is 1.16. The molecule has 0 saturated heterocycles. The van der Waals surface area contributed by atoms with Gasteiger partial charge in [-0.2, -0.15) is 5.10 Å². The summed E-state index contributed by atoms with van der Waals surface area (Å²) in [5.74, 6) is 0. The summed E-state index contributed by atoms with van der Waals surface area (Å²) < 4.78 is 1.78. The van der Waals surface area contributed by atoms with Crippen molar-refractivity contribution in [1.82, 2.24) is 15.1 Å². The average molecular weight is 266 g/mol. The average Bonchev–Trinajstić information content (AvgIpc) is 2.93. The van der Waals surface area contributed by atoms with Gasteiger partial charge in [-0.15, -0.1) is 0 Å². The van der Waals surface area contributed by atoms with Crippen molar-refractivity contribution in [3.8, 4) is 0 Å². The molecule has 0 atom stereocenters. The lowest BCUT2D eigenvalue weighted by molar-refractivity contribution is -0.380. The molecule has 0 aliphatic carbocycles. The van der Waals surface area contributed by atoms with Gasteiger partial charge in [0.15, 0.2) is 0 Å². The number of nitrogens with zero attached hydrogens (tertiary/aromatic N) is 3. The lowest BCUT2D eigenvalue weighted by atomic mass is 10.2. The zero-order valence-electron chi connectivity index (χ0n) is 10.00. The van der Waals surface area contributed by atoms with Gasteiger partial charge in [0, 0.05) is 31.2 Å². The van der Waals surface area contributed by atoms with Gasteiger partial charge in [-0.3, -0.25) is 14.8 Å². The van der Waals surface area contributed by atoms with Crippen LogP contribution in [0.1, 0.15) is 11.1 Å². The van der Waals surface area contributed by atoms with Crippen LogP contribution in [0.15, 0.2) is 23.8 Å². The lowest BCUT2D eigenvalue weighted by Crippen LogP contribution is -2.16. The number of hydrogen-bond donors (Lipinski definition) is 1. The minimum Gasteiger partial charge on any atom is -0.312 e. The van der Waals surface area contributed by atoms with E-state index in [-0.39, 0.29) is 9.92 Å². The Labute approximate surface area is 108 Å². The normalized spacial score (nSPS) is 10.7. The first-order valence-corrected chi connectivity index (χ1v) is 6.43. The van der Waals surface area contributed by atoms with Crippen LogP contribution < -0.4 is 5.32 Å². The van der Waals surface area contributed by atoms with Crippen molar-refractivity contribution in [1.29, 1.82) is 0 Å². The van der Waals surface area contributed by atoms with Crippen molar-refractivity contribution in [2.75, 3.05) is 6.54 Å². The molecular weight excluding hydrogens is 252 g/mol. The first-order valence-electron chi connectivity index (χ1n) is 5.55. The molecule has 0 saturated carbocycles. The predicted molar refractivity (Wildman–Crippen MR) is 69.6 cm³/mol. The fourth-order valence-electron chi connectivity index (χ4n) is 1.62. The molecule has 0 fully saturated rings. The Morgan fingerprint density at radius 2 is 2.39 bits per heavy atom. The molecule has 2 heterocycles. The van der Waals surface area contributed by atoms with E-state index in [0.29, 0.717) is 6.54 Å². The molecule has 1 N–H and O–H groups in total. The van der Waals surface area contributed by atoms with Crippen LogP contribution in [-0.2, 0) is 20.0 Å². The molecule has 0 aromatic carbocycles. The Bertz CT molecular complexity index is 535. The summed E-state index contributed by atoms with van der Waals surface area (Å²) in [6.45, 7) is 1.49. The van der Waals surface area contributed by atoms with E-state index in [1.54, 1.807) is 10.7 Å². The zero-order valence-corrected chi connectivity index (χ0v) is 10.8. The maximum absolute atomic E-state index is 10.5. The minimum atomic E-state index is -0.357. The highest BCUT2D eigenvalue weighted by molar-refractivity contribution is 7.13. The molecule has 0 amide bonds. The SMILES string of the molecule is Cn1cc(CCNCc2csc([N+](=O)[O-])c2)cn1. The molecule has 0 aliphatic rings. The van der Waals surface area contributed by atoms with Gasteiger partial charge >= 0.3 is 5.00 Å². The van der Waals surface area contributed by atoms with Crippen LogP contribution in [0.25, 0.3) is 0 Å². The van der Waals surface area contributed by atoms with E-state index in [0.717, 1.165) is 29.9 Å². The van der Waals surface area contributed by atoms with Crippen LogP contribution in [0.5, 0.6) is 0 Å². The first-order chi connectivity index (χ1) is 8.65. The number of rotatable bonds is 6. The van der Waals surface area contributed by atoms with Crippen LogP contribution in [0.4, 0.5) is 5.00 Å². The molecule has 0 aliphatic heterocycles. The molecule has 0 spiro atoms. The third kappa shape index (κ3) is 3.38. The summed E-state index contributed by atoms with van der Waals surface area (Å²) in [5.41, 5.74) is 2.14. The quantitative estimate of drug-likeness (QED) is 0.491. The van der Waals surface area contributed by atoms with Crippen LogP contribution in [0, 0.1) is 10.1 Å². The van der Waals surface area contributed by atoms with E-state index in [4.69, 9.17) is 0 Å². The highest BCUT2D eigenvalue weighted by Crippen LogP contribution is 2.22. The smallest absolute Gasteiger partial charge is 0.312 e. The number of nitrogens with one attached hydrogen (secondary N) is 1. The monoisotopic (exact) mass is 266 g/mol. The Kier molecular flexibility index (Phi) is 4.06. The Hall–Kier alpha value is -1.73. The van der Waals surface area contributed by atoms with Crippen molar-refractivity contribution in [2.24, 2.45) is 7.05 Å².